The molecule has 0 aliphatic carbocycles. The van der Waals surface area contributed by atoms with E-state index in [-0.39, 0.29) is 11.9 Å². The normalized spacial score (nSPS) is 12.0. The molecule has 0 radical (unpaired) electrons. The van der Waals surface area contributed by atoms with Crippen LogP contribution in [-0.2, 0) is 9.53 Å². The van der Waals surface area contributed by atoms with Crippen LogP contribution in [0.4, 0.5) is 0 Å². The molecule has 2 nitrogen and oxygen atoms in total. The minimum atomic E-state index is -0.0762. The number of hydrogen-bond donors (Lipinski definition) is 0. The quantitative estimate of drug-likeness (QED) is 0.368. The van der Waals surface area contributed by atoms with Gasteiger partial charge in [0, 0.05) is 12.3 Å². The molecule has 0 saturated heterocycles. The fourth-order valence-electron chi connectivity index (χ4n) is 3.37. The summed E-state index contributed by atoms with van der Waals surface area (Å²) in [6.07, 6.45) is 5.75. The Morgan fingerprint density at radius 3 is 2.50 bits per heavy atom. The Kier molecular flexibility index (Phi) is 8.40. The molecule has 0 saturated carbocycles. The van der Waals surface area contributed by atoms with E-state index < -0.39 is 0 Å². The van der Waals surface area contributed by atoms with Crippen LogP contribution in [0, 0.1) is 13.8 Å². The molecule has 0 bridgehead atoms. The second-order valence-corrected chi connectivity index (χ2v) is 7.14. The van der Waals surface area contributed by atoms with Crippen LogP contribution in [-0.4, -0.2) is 12.6 Å². The van der Waals surface area contributed by atoms with Crippen molar-refractivity contribution in [1.29, 1.82) is 0 Å². The number of rotatable bonds is 10. The predicted octanol–water partition coefficient (Wildman–Crippen LogP) is 6.34. The molecule has 0 spiro atoms. The lowest BCUT2D eigenvalue weighted by molar-refractivity contribution is -0.143. The zero-order valence-corrected chi connectivity index (χ0v) is 16.5. The summed E-state index contributed by atoms with van der Waals surface area (Å²) < 4.78 is 5.43. The van der Waals surface area contributed by atoms with Gasteiger partial charge in [-0.2, -0.15) is 0 Å². The molecule has 0 amide bonds. The smallest absolute Gasteiger partial charge is 0.305 e. The average Bonchev–Trinajstić information content (AvgIpc) is 2.65. The van der Waals surface area contributed by atoms with E-state index in [1.807, 2.05) is 6.07 Å². The van der Waals surface area contributed by atoms with Gasteiger partial charge in [0.1, 0.15) is 0 Å². The van der Waals surface area contributed by atoms with Crippen LogP contribution < -0.4 is 0 Å². The average molecular weight is 353 g/mol. The van der Waals surface area contributed by atoms with Gasteiger partial charge in [-0.05, 0) is 43.4 Å². The first kappa shape index (κ1) is 20.2. The van der Waals surface area contributed by atoms with Crippen molar-refractivity contribution in [2.45, 2.75) is 65.2 Å². The van der Waals surface area contributed by atoms with Gasteiger partial charge < -0.3 is 4.74 Å². The highest BCUT2D eigenvalue weighted by Gasteiger charge is 2.18. The zero-order chi connectivity index (χ0) is 18.8. The maximum atomic E-state index is 12.2. The van der Waals surface area contributed by atoms with Crippen molar-refractivity contribution in [3.63, 3.8) is 0 Å². The fourth-order valence-corrected chi connectivity index (χ4v) is 3.37. The molecule has 26 heavy (non-hydrogen) atoms. The molecule has 1 unspecified atom stereocenters. The minimum Gasteiger partial charge on any atom is -0.466 e. The summed E-state index contributed by atoms with van der Waals surface area (Å²) in [4.78, 5) is 12.2. The maximum Gasteiger partial charge on any atom is 0.305 e. The van der Waals surface area contributed by atoms with E-state index >= 15 is 0 Å². The SMILES string of the molecule is CCCCCCOC(=O)CCC(c1ccccc1)c1cc(C)ccc1C. The molecule has 1 atom stereocenters. The number of carbonyl (C=O) groups excluding carboxylic acids is 1. The molecule has 2 aromatic carbocycles. The number of carbonyl (C=O) groups is 1. The van der Waals surface area contributed by atoms with Crippen LogP contribution in [0.2, 0.25) is 0 Å². The molecular weight excluding hydrogens is 320 g/mol. The van der Waals surface area contributed by atoms with Crippen molar-refractivity contribution in [3.05, 3.63) is 70.8 Å². The Morgan fingerprint density at radius 1 is 1.00 bits per heavy atom. The topological polar surface area (TPSA) is 26.3 Å². The van der Waals surface area contributed by atoms with Crippen LogP contribution in [0.25, 0.3) is 0 Å². The van der Waals surface area contributed by atoms with Gasteiger partial charge in [-0.3, -0.25) is 4.79 Å². The highest BCUT2D eigenvalue weighted by molar-refractivity contribution is 5.69. The van der Waals surface area contributed by atoms with Crippen molar-refractivity contribution >= 4 is 5.97 Å². The van der Waals surface area contributed by atoms with Crippen molar-refractivity contribution < 1.29 is 9.53 Å². The van der Waals surface area contributed by atoms with E-state index in [2.05, 4.69) is 63.2 Å². The van der Waals surface area contributed by atoms with Gasteiger partial charge in [-0.25, -0.2) is 0 Å². The van der Waals surface area contributed by atoms with Crippen molar-refractivity contribution in [2.24, 2.45) is 0 Å². The van der Waals surface area contributed by atoms with Crippen LogP contribution in [0.5, 0.6) is 0 Å². The Hall–Kier alpha value is -2.09. The lowest BCUT2D eigenvalue weighted by atomic mass is 9.84. The summed E-state index contributed by atoms with van der Waals surface area (Å²) in [5, 5.41) is 0. The second kappa shape index (κ2) is 10.8. The Morgan fingerprint density at radius 2 is 1.77 bits per heavy atom. The molecule has 2 aromatic rings. The number of aryl methyl sites for hydroxylation is 2. The van der Waals surface area contributed by atoms with Crippen molar-refractivity contribution in [2.75, 3.05) is 6.61 Å². The Balaban J connectivity index is 2.02. The largest absolute Gasteiger partial charge is 0.466 e. The molecule has 0 N–H and O–H groups in total. The lowest BCUT2D eigenvalue weighted by Gasteiger charge is -2.20. The molecular formula is C24H32O2. The molecule has 140 valence electrons. The highest BCUT2D eigenvalue weighted by Crippen LogP contribution is 2.32. The molecule has 0 aromatic heterocycles. The number of benzene rings is 2. The summed E-state index contributed by atoms with van der Waals surface area (Å²) >= 11 is 0. The molecule has 2 heteroatoms. The minimum absolute atomic E-state index is 0.0762. The standard InChI is InChI=1S/C24H32O2/c1-4-5-6-10-17-26-24(25)16-15-22(21-11-8-7-9-12-21)23-18-19(2)13-14-20(23)3/h7-9,11-14,18,22H,4-6,10,15-17H2,1-3H3. The summed E-state index contributed by atoms with van der Waals surface area (Å²) in [6, 6.07) is 17.1. The fraction of sp³-hybridized carbons (Fsp3) is 0.458. The number of hydrogen-bond acceptors (Lipinski definition) is 2. The Bertz CT molecular complexity index is 676. The number of unbranched alkanes of at least 4 members (excludes halogenated alkanes) is 3. The van der Waals surface area contributed by atoms with Crippen LogP contribution in [0.3, 0.4) is 0 Å². The van der Waals surface area contributed by atoms with Gasteiger partial charge in [0.15, 0.2) is 0 Å². The second-order valence-electron chi connectivity index (χ2n) is 7.14. The molecule has 0 fully saturated rings. The first-order chi connectivity index (χ1) is 12.6. The van der Waals surface area contributed by atoms with Gasteiger partial charge in [-0.15, -0.1) is 0 Å². The van der Waals surface area contributed by atoms with E-state index in [1.165, 1.54) is 35.1 Å². The zero-order valence-electron chi connectivity index (χ0n) is 16.5. The van der Waals surface area contributed by atoms with Crippen molar-refractivity contribution in [3.8, 4) is 0 Å². The van der Waals surface area contributed by atoms with Gasteiger partial charge in [0.05, 0.1) is 6.61 Å². The van der Waals surface area contributed by atoms with E-state index in [0.29, 0.717) is 13.0 Å². The maximum absolute atomic E-state index is 12.2. The summed E-state index contributed by atoms with van der Waals surface area (Å²) in [5.74, 6) is 0.150. The molecule has 0 aliphatic rings. The van der Waals surface area contributed by atoms with Crippen LogP contribution in [0.15, 0.2) is 48.5 Å². The number of esters is 1. The van der Waals surface area contributed by atoms with E-state index in [0.717, 1.165) is 19.3 Å². The van der Waals surface area contributed by atoms with Gasteiger partial charge in [0.25, 0.3) is 0 Å². The predicted molar refractivity (Wildman–Crippen MR) is 109 cm³/mol. The third kappa shape index (κ3) is 6.33. The molecule has 0 aliphatic heterocycles. The molecule has 2 rings (SSSR count). The lowest BCUT2D eigenvalue weighted by Crippen LogP contribution is -2.10. The van der Waals surface area contributed by atoms with Gasteiger partial charge in [0.2, 0.25) is 0 Å². The van der Waals surface area contributed by atoms with Crippen LogP contribution in [0.1, 0.15) is 73.6 Å². The van der Waals surface area contributed by atoms with Crippen LogP contribution >= 0.6 is 0 Å². The Labute approximate surface area is 158 Å². The van der Waals surface area contributed by atoms with E-state index in [9.17, 15) is 4.79 Å². The first-order valence-corrected chi connectivity index (χ1v) is 9.89. The summed E-state index contributed by atoms with van der Waals surface area (Å²) in [6.45, 7) is 7.01. The number of ether oxygens (including phenoxy) is 1. The third-order valence-electron chi connectivity index (χ3n) is 4.91. The first-order valence-electron chi connectivity index (χ1n) is 9.89. The monoisotopic (exact) mass is 352 g/mol. The van der Waals surface area contributed by atoms with E-state index in [4.69, 9.17) is 4.74 Å². The van der Waals surface area contributed by atoms with Crippen molar-refractivity contribution in [1.82, 2.24) is 0 Å². The molecule has 0 heterocycles. The van der Waals surface area contributed by atoms with E-state index in [1.54, 1.807) is 0 Å². The van der Waals surface area contributed by atoms with Gasteiger partial charge in [-0.1, -0.05) is 80.3 Å². The summed E-state index contributed by atoms with van der Waals surface area (Å²) in [7, 11) is 0. The highest BCUT2D eigenvalue weighted by atomic mass is 16.5. The third-order valence-corrected chi connectivity index (χ3v) is 4.91. The summed E-state index contributed by atoms with van der Waals surface area (Å²) in [5.41, 5.74) is 5.10. The van der Waals surface area contributed by atoms with Gasteiger partial charge >= 0.3 is 5.97 Å².